The van der Waals surface area contributed by atoms with Crippen molar-refractivity contribution in [1.82, 2.24) is 10.0 Å². The minimum Gasteiger partial charge on any atom is -0.385 e. The molecule has 1 aromatic carbocycles. The van der Waals surface area contributed by atoms with Crippen LogP contribution >= 0.6 is 0 Å². The number of hydrogen-bond donors (Lipinski definition) is 2. The fourth-order valence-corrected chi connectivity index (χ4v) is 2.93. The number of rotatable bonds is 10. The van der Waals surface area contributed by atoms with Gasteiger partial charge in [-0.25, -0.2) is 13.1 Å². The molecule has 0 aliphatic heterocycles. The van der Waals surface area contributed by atoms with Crippen molar-refractivity contribution in [2.24, 2.45) is 0 Å². The van der Waals surface area contributed by atoms with E-state index in [-0.39, 0.29) is 5.75 Å². The normalized spacial score (nSPS) is 11.7. The van der Waals surface area contributed by atoms with Crippen LogP contribution in [0.4, 0.5) is 0 Å². The highest BCUT2D eigenvalue weighted by Crippen LogP contribution is 2.08. The van der Waals surface area contributed by atoms with Crippen molar-refractivity contribution in [3.8, 4) is 0 Å². The highest BCUT2D eigenvalue weighted by atomic mass is 32.2. The van der Waals surface area contributed by atoms with Gasteiger partial charge in [-0.3, -0.25) is 0 Å². The molecule has 0 aliphatic rings. The van der Waals surface area contributed by atoms with Crippen molar-refractivity contribution < 1.29 is 13.2 Å². The lowest BCUT2D eigenvalue weighted by molar-refractivity contribution is 0.196. The van der Waals surface area contributed by atoms with E-state index in [0.717, 1.165) is 24.2 Å². The van der Waals surface area contributed by atoms with E-state index in [9.17, 15) is 8.42 Å². The fraction of sp³-hybridized carbons (Fsp3) is 0.571. The van der Waals surface area contributed by atoms with Crippen LogP contribution in [-0.4, -0.2) is 35.2 Å². The van der Waals surface area contributed by atoms with Gasteiger partial charge in [0.25, 0.3) is 0 Å². The number of nitrogens with one attached hydrogen (secondary N) is 2. The highest BCUT2D eigenvalue weighted by Gasteiger charge is 2.10. The number of sulfonamides is 1. The summed E-state index contributed by atoms with van der Waals surface area (Å²) in [5.74, 6) is 0.0153. The number of methoxy groups -OCH3 is 1. The predicted molar refractivity (Wildman–Crippen MR) is 80.9 cm³/mol. The van der Waals surface area contributed by atoms with Crippen LogP contribution in [0.25, 0.3) is 0 Å². The summed E-state index contributed by atoms with van der Waals surface area (Å²) >= 11 is 0. The van der Waals surface area contributed by atoms with Crippen molar-refractivity contribution in [2.75, 3.05) is 26.8 Å². The minimum absolute atomic E-state index is 0.0153. The van der Waals surface area contributed by atoms with Gasteiger partial charge in [0.2, 0.25) is 10.0 Å². The molecule has 5 nitrogen and oxygen atoms in total. The van der Waals surface area contributed by atoms with Gasteiger partial charge in [0, 0.05) is 26.8 Å². The zero-order chi connectivity index (χ0) is 14.8. The second-order valence-electron chi connectivity index (χ2n) is 4.60. The van der Waals surface area contributed by atoms with Crippen LogP contribution in [0.15, 0.2) is 24.3 Å². The third kappa shape index (κ3) is 7.00. The van der Waals surface area contributed by atoms with E-state index < -0.39 is 10.0 Å². The summed E-state index contributed by atoms with van der Waals surface area (Å²) in [6, 6.07) is 7.64. The Hall–Kier alpha value is -0.950. The zero-order valence-corrected chi connectivity index (χ0v) is 13.0. The SMILES string of the molecule is CCNCc1ccc(CS(=O)(=O)NCCCOC)cc1. The van der Waals surface area contributed by atoms with Crippen LogP contribution in [0.1, 0.15) is 24.5 Å². The summed E-state index contributed by atoms with van der Waals surface area (Å²) in [6.07, 6.45) is 0.678. The lowest BCUT2D eigenvalue weighted by atomic mass is 10.1. The summed E-state index contributed by atoms with van der Waals surface area (Å²) < 4.78 is 31.2. The van der Waals surface area contributed by atoms with E-state index >= 15 is 0 Å². The Kier molecular flexibility index (Phi) is 7.76. The van der Waals surface area contributed by atoms with Gasteiger partial charge in [-0.15, -0.1) is 0 Å². The van der Waals surface area contributed by atoms with E-state index in [1.165, 1.54) is 0 Å². The van der Waals surface area contributed by atoms with Gasteiger partial charge in [0.05, 0.1) is 5.75 Å². The molecule has 0 saturated carbocycles. The van der Waals surface area contributed by atoms with E-state index in [1.54, 1.807) is 7.11 Å². The molecule has 2 N–H and O–H groups in total. The lowest BCUT2D eigenvalue weighted by Gasteiger charge is -2.07. The van der Waals surface area contributed by atoms with Gasteiger partial charge < -0.3 is 10.1 Å². The summed E-state index contributed by atoms with van der Waals surface area (Å²) in [5, 5.41) is 3.23. The fourth-order valence-electron chi connectivity index (χ4n) is 1.74. The first kappa shape index (κ1) is 17.1. The summed E-state index contributed by atoms with van der Waals surface area (Å²) in [6.45, 7) is 4.74. The van der Waals surface area contributed by atoms with Crippen LogP contribution in [0.2, 0.25) is 0 Å². The Morgan fingerprint density at radius 1 is 1.15 bits per heavy atom. The molecule has 0 saturated heterocycles. The first-order chi connectivity index (χ1) is 9.57. The molecule has 0 bridgehead atoms. The molecule has 0 heterocycles. The molecule has 0 radical (unpaired) electrons. The Morgan fingerprint density at radius 2 is 1.80 bits per heavy atom. The lowest BCUT2D eigenvalue weighted by Crippen LogP contribution is -2.26. The van der Waals surface area contributed by atoms with Crippen molar-refractivity contribution in [3.63, 3.8) is 0 Å². The van der Waals surface area contributed by atoms with E-state index in [2.05, 4.69) is 17.0 Å². The largest absolute Gasteiger partial charge is 0.385 e. The minimum atomic E-state index is -3.27. The molecule has 0 aliphatic carbocycles. The van der Waals surface area contributed by atoms with Gasteiger partial charge in [-0.05, 0) is 24.1 Å². The maximum absolute atomic E-state index is 11.9. The summed E-state index contributed by atoms with van der Waals surface area (Å²) in [7, 11) is -1.67. The zero-order valence-electron chi connectivity index (χ0n) is 12.2. The molecule has 114 valence electrons. The maximum Gasteiger partial charge on any atom is 0.215 e. The van der Waals surface area contributed by atoms with Gasteiger partial charge in [-0.2, -0.15) is 0 Å². The van der Waals surface area contributed by atoms with Gasteiger partial charge in [-0.1, -0.05) is 31.2 Å². The number of ether oxygens (including phenoxy) is 1. The molecule has 1 aromatic rings. The molecule has 0 unspecified atom stereocenters. The Bertz CT molecular complexity index is 472. The maximum atomic E-state index is 11.9. The second kappa shape index (κ2) is 9.07. The van der Waals surface area contributed by atoms with Crippen LogP contribution in [0.5, 0.6) is 0 Å². The van der Waals surface area contributed by atoms with Crippen molar-refractivity contribution in [3.05, 3.63) is 35.4 Å². The molecule has 20 heavy (non-hydrogen) atoms. The molecule has 0 fully saturated rings. The first-order valence-corrected chi connectivity index (χ1v) is 8.47. The van der Waals surface area contributed by atoms with E-state index in [1.807, 2.05) is 24.3 Å². The average molecular weight is 300 g/mol. The monoisotopic (exact) mass is 300 g/mol. The standard InChI is InChI=1S/C14H24N2O3S/c1-3-15-11-13-5-7-14(8-6-13)12-20(17,18)16-9-4-10-19-2/h5-8,15-16H,3-4,9-12H2,1-2H3. The number of hydrogen-bond acceptors (Lipinski definition) is 4. The summed E-state index contributed by atoms with van der Waals surface area (Å²) in [4.78, 5) is 0. The molecule has 0 amide bonds. The Balaban J connectivity index is 2.46. The third-order valence-electron chi connectivity index (χ3n) is 2.81. The molecule has 6 heteroatoms. The van der Waals surface area contributed by atoms with Crippen molar-refractivity contribution >= 4 is 10.0 Å². The Morgan fingerprint density at radius 3 is 2.40 bits per heavy atom. The molecule has 1 rings (SSSR count). The average Bonchev–Trinajstić information content (AvgIpc) is 2.42. The molecule has 0 atom stereocenters. The van der Waals surface area contributed by atoms with Crippen LogP contribution in [-0.2, 0) is 27.1 Å². The van der Waals surface area contributed by atoms with Crippen LogP contribution in [0, 0.1) is 0 Å². The van der Waals surface area contributed by atoms with E-state index in [0.29, 0.717) is 19.6 Å². The second-order valence-corrected chi connectivity index (χ2v) is 6.40. The topological polar surface area (TPSA) is 67.4 Å². The van der Waals surface area contributed by atoms with Crippen LogP contribution < -0.4 is 10.0 Å². The molecular weight excluding hydrogens is 276 g/mol. The predicted octanol–water partition coefficient (Wildman–Crippen LogP) is 1.25. The third-order valence-corrected chi connectivity index (χ3v) is 4.16. The van der Waals surface area contributed by atoms with Crippen LogP contribution in [0.3, 0.4) is 0 Å². The molecule has 0 spiro atoms. The van der Waals surface area contributed by atoms with E-state index in [4.69, 9.17) is 4.74 Å². The summed E-state index contributed by atoms with van der Waals surface area (Å²) in [5.41, 5.74) is 1.95. The van der Waals surface area contributed by atoms with Gasteiger partial charge in [0.1, 0.15) is 0 Å². The Labute approximate surface area is 121 Å². The van der Waals surface area contributed by atoms with Crippen molar-refractivity contribution in [2.45, 2.75) is 25.6 Å². The molecule has 0 aromatic heterocycles. The van der Waals surface area contributed by atoms with Crippen molar-refractivity contribution in [1.29, 1.82) is 0 Å². The van der Waals surface area contributed by atoms with Gasteiger partial charge >= 0.3 is 0 Å². The first-order valence-electron chi connectivity index (χ1n) is 6.82. The number of benzene rings is 1. The highest BCUT2D eigenvalue weighted by molar-refractivity contribution is 7.88. The molecular formula is C14H24N2O3S. The van der Waals surface area contributed by atoms with Gasteiger partial charge in [0.15, 0.2) is 0 Å². The smallest absolute Gasteiger partial charge is 0.215 e. The quantitative estimate of drug-likeness (QED) is 0.638.